The summed E-state index contributed by atoms with van der Waals surface area (Å²) in [5.41, 5.74) is 3.36. The summed E-state index contributed by atoms with van der Waals surface area (Å²) in [6.45, 7) is 6.36. The average Bonchev–Trinajstić information content (AvgIpc) is 2.60. The normalized spacial score (nSPS) is 10.8. The Kier molecular flexibility index (Phi) is 9.91. The number of hydrogen-bond donors (Lipinski definition) is 2. The summed E-state index contributed by atoms with van der Waals surface area (Å²) in [7, 11) is 1.69. The second-order valence-corrected chi connectivity index (χ2v) is 5.50. The molecule has 136 valence electrons. The molecule has 0 aliphatic carbocycles. The van der Waals surface area contributed by atoms with Gasteiger partial charge in [-0.15, -0.1) is 24.0 Å². The highest BCUT2D eigenvalue weighted by Crippen LogP contribution is 2.18. The topological polar surface area (TPSA) is 58.5 Å². The molecular formula is C19H27IN4O. The Hall–Kier alpha value is -1.83. The Labute approximate surface area is 167 Å². The van der Waals surface area contributed by atoms with E-state index < -0.39 is 0 Å². The van der Waals surface area contributed by atoms with Crippen LogP contribution in [0.5, 0.6) is 5.75 Å². The van der Waals surface area contributed by atoms with Gasteiger partial charge in [0.25, 0.3) is 0 Å². The minimum Gasteiger partial charge on any atom is -0.496 e. The van der Waals surface area contributed by atoms with Gasteiger partial charge in [-0.05, 0) is 43.2 Å². The summed E-state index contributed by atoms with van der Waals surface area (Å²) in [6, 6.07) is 12.1. The molecule has 0 aliphatic heterocycles. The van der Waals surface area contributed by atoms with Crippen LogP contribution in [-0.2, 0) is 13.0 Å². The van der Waals surface area contributed by atoms with E-state index >= 15 is 0 Å². The van der Waals surface area contributed by atoms with Crippen LogP contribution in [-0.4, -0.2) is 31.1 Å². The van der Waals surface area contributed by atoms with E-state index in [4.69, 9.17) is 4.74 Å². The lowest BCUT2D eigenvalue weighted by molar-refractivity contribution is 0.411. The van der Waals surface area contributed by atoms with Crippen molar-refractivity contribution >= 4 is 29.9 Å². The summed E-state index contributed by atoms with van der Waals surface area (Å²) in [4.78, 5) is 8.97. The highest BCUT2D eigenvalue weighted by molar-refractivity contribution is 14.0. The van der Waals surface area contributed by atoms with Gasteiger partial charge in [0.1, 0.15) is 5.75 Å². The number of rotatable bonds is 7. The van der Waals surface area contributed by atoms with Crippen molar-refractivity contribution in [2.24, 2.45) is 4.99 Å². The van der Waals surface area contributed by atoms with E-state index in [0.717, 1.165) is 48.0 Å². The van der Waals surface area contributed by atoms with Gasteiger partial charge in [0.05, 0.1) is 13.7 Å². The molecule has 5 nitrogen and oxygen atoms in total. The predicted octanol–water partition coefficient (Wildman–Crippen LogP) is 3.31. The Morgan fingerprint density at radius 1 is 1.20 bits per heavy atom. The summed E-state index contributed by atoms with van der Waals surface area (Å²) in [5, 5.41) is 6.62. The molecule has 0 bridgehead atoms. The van der Waals surface area contributed by atoms with Gasteiger partial charge in [-0.2, -0.15) is 0 Å². The van der Waals surface area contributed by atoms with Gasteiger partial charge in [-0.25, -0.2) is 4.99 Å². The fraction of sp³-hybridized carbons (Fsp3) is 0.368. The second-order valence-electron chi connectivity index (χ2n) is 5.50. The third-order valence-corrected chi connectivity index (χ3v) is 3.62. The van der Waals surface area contributed by atoms with Crippen LogP contribution in [0.4, 0.5) is 0 Å². The first-order valence-electron chi connectivity index (χ1n) is 8.28. The zero-order valence-corrected chi connectivity index (χ0v) is 17.4. The van der Waals surface area contributed by atoms with Crippen LogP contribution >= 0.6 is 24.0 Å². The van der Waals surface area contributed by atoms with E-state index in [9.17, 15) is 0 Å². The third-order valence-electron chi connectivity index (χ3n) is 3.62. The van der Waals surface area contributed by atoms with Gasteiger partial charge >= 0.3 is 0 Å². The van der Waals surface area contributed by atoms with Crippen LogP contribution < -0.4 is 15.4 Å². The summed E-state index contributed by atoms with van der Waals surface area (Å²) in [6.07, 6.45) is 2.69. The lowest BCUT2D eigenvalue weighted by Crippen LogP contribution is -2.38. The molecule has 1 heterocycles. The number of ether oxygens (including phenoxy) is 1. The lowest BCUT2D eigenvalue weighted by Gasteiger charge is -2.11. The van der Waals surface area contributed by atoms with Crippen molar-refractivity contribution in [1.82, 2.24) is 15.6 Å². The van der Waals surface area contributed by atoms with Gasteiger partial charge in [0.15, 0.2) is 5.96 Å². The molecule has 0 spiro atoms. The smallest absolute Gasteiger partial charge is 0.191 e. The van der Waals surface area contributed by atoms with Crippen molar-refractivity contribution in [2.75, 3.05) is 20.2 Å². The molecule has 0 atom stereocenters. The lowest BCUT2D eigenvalue weighted by atomic mass is 10.1. The second kappa shape index (κ2) is 11.7. The first-order valence-corrected chi connectivity index (χ1v) is 8.28. The monoisotopic (exact) mass is 454 g/mol. The van der Waals surface area contributed by atoms with Crippen molar-refractivity contribution in [1.29, 1.82) is 0 Å². The zero-order valence-electron chi connectivity index (χ0n) is 15.1. The molecule has 1 aromatic carbocycles. The van der Waals surface area contributed by atoms with Crippen LogP contribution in [0, 0.1) is 6.92 Å². The molecule has 0 saturated heterocycles. The highest BCUT2D eigenvalue weighted by Gasteiger charge is 2.01. The van der Waals surface area contributed by atoms with Crippen molar-refractivity contribution in [2.45, 2.75) is 26.8 Å². The first-order chi connectivity index (χ1) is 11.7. The van der Waals surface area contributed by atoms with Crippen molar-refractivity contribution in [3.63, 3.8) is 0 Å². The number of halogens is 1. The number of benzene rings is 1. The number of nitrogens with zero attached hydrogens (tertiary/aromatic N) is 2. The molecule has 2 rings (SSSR count). The van der Waals surface area contributed by atoms with Gasteiger partial charge in [-0.1, -0.05) is 18.2 Å². The molecule has 25 heavy (non-hydrogen) atoms. The highest BCUT2D eigenvalue weighted by atomic mass is 127. The predicted molar refractivity (Wildman–Crippen MR) is 114 cm³/mol. The van der Waals surface area contributed by atoms with Crippen LogP contribution in [0.1, 0.15) is 23.7 Å². The number of aliphatic imine (C=N–C) groups is 1. The van der Waals surface area contributed by atoms with Crippen molar-refractivity contribution in [3.8, 4) is 5.75 Å². The third kappa shape index (κ3) is 7.29. The number of nitrogens with one attached hydrogen (secondary N) is 2. The maximum Gasteiger partial charge on any atom is 0.191 e. The van der Waals surface area contributed by atoms with Gasteiger partial charge in [0, 0.05) is 31.4 Å². The number of methoxy groups -OCH3 is 1. The molecule has 2 N–H and O–H groups in total. The van der Waals surface area contributed by atoms with E-state index in [0.29, 0.717) is 6.54 Å². The summed E-state index contributed by atoms with van der Waals surface area (Å²) in [5.74, 6) is 1.73. The molecule has 0 unspecified atom stereocenters. The Morgan fingerprint density at radius 3 is 2.68 bits per heavy atom. The number of aromatic nitrogens is 1. The van der Waals surface area contributed by atoms with E-state index in [-0.39, 0.29) is 24.0 Å². The standard InChI is InChI=1S/C19H26N4O.HI/c1-4-20-19(22-12-10-17-7-5-6-11-21-17)23-14-16-8-9-18(24-3)15(2)13-16;/h5-9,11,13H,4,10,12,14H2,1-3H3,(H2,20,22,23);1H. The first kappa shape index (κ1) is 21.2. The molecule has 0 amide bonds. The van der Waals surface area contributed by atoms with Crippen LogP contribution in [0.25, 0.3) is 0 Å². The molecule has 1 aromatic heterocycles. The number of aryl methyl sites for hydroxylation is 1. The Bertz CT molecular complexity index is 662. The largest absolute Gasteiger partial charge is 0.496 e. The molecule has 0 fully saturated rings. The average molecular weight is 454 g/mol. The van der Waals surface area contributed by atoms with E-state index in [2.05, 4.69) is 33.6 Å². The van der Waals surface area contributed by atoms with Gasteiger partial charge < -0.3 is 15.4 Å². The summed E-state index contributed by atoms with van der Waals surface area (Å²) < 4.78 is 5.29. The minimum absolute atomic E-state index is 0. The van der Waals surface area contributed by atoms with E-state index in [1.54, 1.807) is 7.11 Å². The maximum absolute atomic E-state index is 5.29. The zero-order chi connectivity index (χ0) is 17.2. The molecular weight excluding hydrogens is 427 g/mol. The quantitative estimate of drug-likeness (QED) is 0.383. The summed E-state index contributed by atoms with van der Waals surface area (Å²) >= 11 is 0. The molecule has 0 saturated carbocycles. The SMILES string of the molecule is CCNC(=NCc1ccc(OC)c(C)c1)NCCc1ccccn1.I. The van der Waals surface area contributed by atoms with Crippen molar-refractivity contribution < 1.29 is 4.74 Å². The van der Waals surface area contributed by atoms with Crippen LogP contribution in [0.15, 0.2) is 47.6 Å². The molecule has 2 aromatic rings. The number of hydrogen-bond acceptors (Lipinski definition) is 3. The Balaban J connectivity index is 0.00000312. The fourth-order valence-corrected chi connectivity index (χ4v) is 2.41. The van der Waals surface area contributed by atoms with Crippen molar-refractivity contribution in [3.05, 3.63) is 59.4 Å². The van der Waals surface area contributed by atoms with Gasteiger partial charge in [-0.3, -0.25) is 4.98 Å². The van der Waals surface area contributed by atoms with Gasteiger partial charge in [0.2, 0.25) is 0 Å². The minimum atomic E-state index is 0. The van der Waals surface area contributed by atoms with Crippen LogP contribution in [0.2, 0.25) is 0 Å². The Morgan fingerprint density at radius 2 is 2.04 bits per heavy atom. The fourth-order valence-electron chi connectivity index (χ4n) is 2.41. The number of guanidine groups is 1. The van der Waals surface area contributed by atoms with E-state index in [1.165, 1.54) is 0 Å². The molecule has 0 radical (unpaired) electrons. The number of pyridine rings is 1. The maximum atomic E-state index is 5.29. The van der Waals surface area contributed by atoms with Crippen LogP contribution in [0.3, 0.4) is 0 Å². The van der Waals surface area contributed by atoms with E-state index in [1.807, 2.05) is 43.5 Å². The molecule has 6 heteroatoms. The molecule has 0 aliphatic rings.